The summed E-state index contributed by atoms with van der Waals surface area (Å²) in [4.78, 5) is 23.9. The second-order valence-electron chi connectivity index (χ2n) is 5.59. The highest BCUT2D eigenvalue weighted by molar-refractivity contribution is 9.10. The second-order valence-corrected chi connectivity index (χ2v) is 7.74. The summed E-state index contributed by atoms with van der Waals surface area (Å²) in [5.41, 5.74) is 5.64. The van der Waals surface area contributed by atoms with Crippen LogP contribution in [0.2, 0.25) is 5.02 Å². The highest BCUT2D eigenvalue weighted by Crippen LogP contribution is 2.28. The van der Waals surface area contributed by atoms with Gasteiger partial charge in [0, 0.05) is 5.02 Å². The van der Waals surface area contributed by atoms with E-state index in [1.54, 1.807) is 31.2 Å². The smallest absolute Gasteiger partial charge is 0.279 e. The van der Waals surface area contributed by atoms with E-state index in [0.717, 1.165) is 10.0 Å². The number of hydrogen-bond donors (Lipinski definition) is 2. The van der Waals surface area contributed by atoms with Gasteiger partial charge in [0.15, 0.2) is 12.7 Å². The Bertz CT molecular complexity index is 848. The van der Waals surface area contributed by atoms with Crippen LogP contribution in [0.3, 0.4) is 0 Å². The fraction of sp³-hybridized carbons (Fsp3) is 0.222. The molecule has 0 heterocycles. The molecule has 0 aliphatic heterocycles. The molecule has 0 saturated carbocycles. The minimum absolute atomic E-state index is 0.250. The van der Waals surface area contributed by atoms with E-state index in [0.29, 0.717) is 21.0 Å². The van der Waals surface area contributed by atoms with Crippen molar-refractivity contribution >= 4 is 55.3 Å². The van der Waals surface area contributed by atoms with Gasteiger partial charge in [-0.3, -0.25) is 20.4 Å². The maximum Gasteiger partial charge on any atom is 0.279 e. The zero-order chi connectivity index (χ0) is 20.0. The largest absolute Gasteiger partial charge is 0.483 e. The van der Waals surface area contributed by atoms with Crippen LogP contribution in [0.1, 0.15) is 12.5 Å². The maximum absolute atomic E-state index is 12.1. The third-order valence-corrected chi connectivity index (χ3v) is 4.81. The van der Waals surface area contributed by atoms with Gasteiger partial charge in [0.05, 0.1) is 8.95 Å². The first-order chi connectivity index (χ1) is 12.8. The summed E-state index contributed by atoms with van der Waals surface area (Å²) < 4.78 is 12.3. The lowest BCUT2D eigenvalue weighted by atomic mass is 10.2. The molecule has 2 aromatic carbocycles. The summed E-state index contributed by atoms with van der Waals surface area (Å²) in [5.74, 6) is -0.0234. The molecular formula is C18H17Br2ClN2O4. The van der Waals surface area contributed by atoms with E-state index in [2.05, 4.69) is 42.7 Å². The van der Waals surface area contributed by atoms with Crippen molar-refractivity contribution in [1.29, 1.82) is 0 Å². The number of nitrogens with one attached hydrogen (secondary N) is 2. The molecule has 0 saturated heterocycles. The number of carbonyl (C=O) groups excluding carboxylic acids is 2. The van der Waals surface area contributed by atoms with Crippen molar-refractivity contribution in [3.63, 3.8) is 0 Å². The average molecular weight is 521 g/mol. The third kappa shape index (κ3) is 6.71. The molecule has 6 nitrogen and oxygen atoms in total. The van der Waals surface area contributed by atoms with E-state index in [9.17, 15) is 9.59 Å². The molecule has 2 aromatic rings. The van der Waals surface area contributed by atoms with Gasteiger partial charge in [-0.05, 0) is 81.6 Å². The molecule has 0 fully saturated rings. The minimum Gasteiger partial charge on any atom is -0.483 e. The van der Waals surface area contributed by atoms with Gasteiger partial charge in [-0.1, -0.05) is 17.7 Å². The lowest BCUT2D eigenvalue weighted by molar-refractivity contribution is -0.133. The van der Waals surface area contributed by atoms with Crippen molar-refractivity contribution in [1.82, 2.24) is 10.9 Å². The van der Waals surface area contributed by atoms with Gasteiger partial charge < -0.3 is 9.47 Å². The van der Waals surface area contributed by atoms with Crippen LogP contribution in [-0.4, -0.2) is 24.5 Å². The number of amides is 2. The molecule has 2 amide bonds. The zero-order valence-electron chi connectivity index (χ0n) is 14.5. The van der Waals surface area contributed by atoms with E-state index in [1.807, 2.05) is 19.1 Å². The molecule has 0 radical (unpaired) electrons. The van der Waals surface area contributed by atoms with Crippen molar-refractivity contribution in [2.75, 3.05) is 6.61 Å². The van der Waals surface area contributed by atoms with E-state index in [-0.39, 0.29) is 6.61 Å². The van der Waals surface area contributed by atoms with Crippen LogP contribution in [0.4, 0.5) is 0 Å². The van der Waals surface area contributed by atoms with Crippen molar-refractivity contribution < 1.29 is 19.1 Å². The van der Waals surface area contributed by atoms with Crippen LogP contribution in [0.25, 0.3) is 0 Å². The first kappa shape index (κ1) is 21.5. The van der Waals surface area contributed by atoms with Gasteiger partial charge in [-0.25, -0.2) is 0 Å². The van der Waals surface area contributed by atoms with Crippen molar-refractivity contribution in [2.24, 2.45) is 0 Å². The van der Waals surface area contributed by atoms with Gasteiger partial charge in [-0.2, -0.15) is 0 Å². The number of hydrogen-bond acceptors (Lipinski definition) is 4. The molecule has 0 aliphatic rings. The minimum atomic E-state index is -0.838. The molecule has 2 rings (SSSR count). The van der Waals surface area contributed by atoms with E-state index >= 15 is 0 Å². The molecule has 0 aromatic heterocycles. The Labute approximate surface area is 178 Å². The maximum atomic E-state index is 12.1. The quantitative estimate of drug-likeness (QED) is 0.561. The predicted octanol–water partition coefficient (Wildman–Crippen LogP) is 4.17. The highest BCUT2D eigenvalue weighted by atomic mass is 79.9. The number of rotatable bonds is 6. The van der Waals surface area contributed by atoms with Gasteiger partial charge >= 0.3 is 0 Å². The molecule has 1 unspecified atom stereocenters. The average Bonchev–Trinajstić information content (AvgIpc) is 2.61. The second kappa shape index (κ2) is 9.96. The summed E-state index contributed by atoms with van der Waals surface area (Å²) in [5, 5.41) is 0.541. The van der Waals surface area contributed by atoms with E-state index in [4.69, 9.17) is 21.1 Å². The number of hydrazine groups is 1. The SMILES string of the molecule is Cc1ccc(OCC(=O)NNC(=O)C(C)Oc2ccc(Cl)cc2Br)c(Br)c1. The number of aryl methyl sites for hydroxylation is 1. The summed E-state index contributed by atoms with van der Waals surface area (Å²) in [7, 11) is 0. The number of carbonyl (C=O) groups is 2. The predicted molar refractivity (Wildman–Crippen MR) is 110 cm³/mol. The molecule has 0 bridgehead atoms. The lowest BCUT2D eigenvalue weighted by Crippen LogP contribution is -2.48. The van der Waals surface area contributed by atoms with Crippen LogP contribution < -0.4 is 20.3 Å². The van der Waals surface area contributed by atoms with Crippen LogP contribution in [0.5, 0.6) is 11.5 Å². The van der Waals surface area contributed by atoms with Crippen molar-refractivity contribution in [2.45, 2.75) is 20.0 Å². The van der Waals surface area contributed by atoms with Crippen LogP contribution >= 0.6 is 43.5 Å². The fourth-order valence-electron chi connectivity index (χ4n) is 1.95. The Morgan fingerprint density at radius 2 is 1.74 bits per heavy atom. The van der Waals surface area contributed by atoms with Gasteiger partial charge in [0.1, 0.15) is 11.5 Å². The normalized spacial score (nSPS) is 11.4. The monoisotopic (exact) mass is 518 g/mol. The number of ether oxygens (including phenoxy) is 2. The lowest BCUT2D eigenvalue weighted by Gasteiger charge is -2.16. The van der Waals surface area contributed by atoms with E-state index < -0.39 is 17.9 Å². The molecule has 27 heavy (non-hydrogen) atoms. The molecule has 144 valence electrons. The first-order valence-electron chi connectivity index (χ1n) is 7.85. The first-order valence-corrected chi connectivity index (χ1v) is 9.82. The molecule has 9 heteroatoms. The zero-order valence-corrected chi connectivity index (χ0v) is 18.4. The molecular weight excluding hydrogens is 503 g/mol. The van der Waals surface area contributed by atoms with Crippen LogP contribution in [0.15, 0.2) is 45.3 Å². The van der Waals surface area contributed by atoms with Gasteiger partial charge in [0.25, 0.3) is 11.8 Å². The summed E-state index contributed by atoms with van der Waals surface area (Å²) in [6, 6.07) is 10.4. The third-order valence-electron chi connectivity index (χ3n) is 3.34. The summed E-state index contributed by atoms with van der Waals surface area (Å²) in [6.07, 6.45) is -0.838. The topological polar surface area (TPSA) is 76.7 Å². The van der Waals surface area contributed by atoms with Crippen LogP contribution in [0, 0.1) is 6.92 Å². The molecule has 1 atom stereocenters. The Balaban J connectivity index is 1.79. The molecule has 0 aliphatic carbocycles. The van der Waals surface area contributed by atoms with E-state index in [1.165, 1.54) is 0 Å². The molecule has 0 spiro atoms. The fourth-order valence-corrected chi connectivity index (χ4v) is 3.33. The Morgan fingerprint density at radius 3 is 2.41 bits per heavy atom. The number of benzene rings is 2. The summed E-state index contributed by atoms with van der Waals surface area (Å²) in [6.45, 7) is 3.25. The van der Waals surface area contributed by atoms with Gasteiger partial charge in [0.2, 0.25) is 0 Å². The highest BCUT2D eigenvalue weighted by Gasteiger charge is 2.17. The number of halogens is 3. The van der Waals surface area contributed by atoms with Crippen molar-refractivity contribution in [3.8, 4) is 11.5 Å². The Kier molecular flexibility index (Phi) is 7.94. The van der Waals surface area contributed by atoms with Crippen molar-refractivity contribution in [3.05, 3.63) is 55.9 Å². The standard InChI is InChI=1S/C18H17Br2ClN2O4/c1-10-3-5-15(13(19)7-10)26-9-17(24)22-23-18(25)11(2)27-16-6-4-12(21)8-14(16)20/h3-8,11H,9H2,1-2H3,(H,22,24)(H,23,25). The Morgan fingerprint density at radius 1 is 1.07 bits per heavy atom. The summed E-state index contributed by atoms with van der Waals surface area (Å²) >= 11 is 12.5. The van der Waals surface area contributed by atoms with Gasteiger partial charge in [-0.15, -0.1) is 0 Å². The Hall–Kier alpha value is -1.77. The molecule has 2 N–H and O–H groups in total. The van der Waals surface area contributed by atoms with Crippen LogP contribution in [-0.2, 0) is 9.59 Å².